The van der Waals surface area contributed by atoms with E-state index in [2.05, 4.69) is 26.2 Å². The smallest absolute Gasteiger partial charge is 0.318 e. The molecule has 0 spiro atoms. The Morgan fingerprint density at radius 3 is 2.88 bits per heavy atom. The molecule has 0 saturated heterocycles. The Bertz CT molecular complexity index is 660. The van der Waals surface area contributed by atoms with Crippen molar-refractivity contribution in [3.8, 4) is 0 Å². The normalized spacial score (nSPS) is 10.9. The van der Waals surface area contributed by atoms with Crippen LogP contribution in [0, 0.1) is 0 Å². The van der Waals surface area contributed by atoms with Crippen molar-refractivity contribution in [3.63, 3.8) is 0 Å². The molecule has 0 bridgehead atoms. The molecule has 2 aromatic rings. The summed E-state index contributed by atoms with van der Waals surface area (Å²) in [4.78, 5) is 26.5. The van der Waals surface area contributed by atoms with E-state index in [9.17, 15) is 9.59 Å². The first-order chi connectivity index (χ1) is 8.13. The van der Waals surface area contributed by atoms with Crippen LogP contribution in [0.2, 0.25) is 0 Å². The third-order valence-corrected chi connectivity index (χ3v) is 3.02. The molecule has 0 saturated carbocycles. The van der Waals surface area contributed by atoms with Crippen LogP contribution in [0.3, 0.4) is 0 Å². The molecule has 0 atom stereocenters. The molecule has 1 aromatic carbocycles. The van der Waals surface area contributed by atoms with Gasteiger partial charge in [0.1, 0.15) is 0 Å². The minimum absolute atomic E-state index is 0.258. The van der Waals surface area contributed by atoms with Crippen LogP contribution in [-0.2, 0) is 6.54 Å². The summed E-state index contributed by atoms with van der Waals surface area (Å²) >= 11 is 3.30. The summed E-state index contributed by atoms with van der Waals surface area (Å²) in [6, 6.07) is 5.21. The highest BCUT2D eigenvalue weighted by molar-refractivity contribution is 9.10. The topological polar surface area (TPSA) is 66.9 Å². The lowest BCUT2D eigenvalue weighted by atomic mass is 10.2. The molecule has 2 N–H and O–H groups in total. The SMILES string of the molecule is CNCCn1c(=O)[nH]c2cc(Br)ccc2c1=O. The van der Waals surface area contributed by atoms with Crippen molar-refractivity contribution < 1.29 is 0 Å². The fourth-order valence-corrected chi connectivity index (χ4v) is 2.01. The lowest BCUT2D eigenvalue weighted by Crippen LogP contribution is -2.37. The van der Waals surface area contributed by atoms with Gasteiger partial charge in [-0.1, -0.05) is 15.9 Å². The number of halogens is 1. The van der Waals surface area contributed by atoms with Gasteiger partial charge >= 0.3 is 5.69 Å². The van der Waals surface area contributed by atoms with E-state index in [4.69, 9.17) is 0 Å². The fourth-order valence-electron chi connectivity index (χ4n) is 1.65. The van der Waals surface area contributed by atoms with Crippen LogP contribution in [0.4, 0.5) is 0 Å². The molecular weight excluding hydrogens is 286 g/mol. The number of nitrogens with zero attached hydrogens (tertiary/aromatic N) is 1. The Labute approximate surface area is 106 Å². The second-order valence-electron chi connectivity index (χ2n) is 3.68. The molecule has 0 radical (unpaired) electrons. The molecule has 0 aliphatic carbocycles. The Morgan fingerprint density at radius 2 is 2.18 bits per heavy atom. The highest BCUT2D eigenvalue weighted by atomic mass is 79.9. The Balaban J connectivity index is 2.68. The largest absolute Gasteiger partial charge is 0.328 e. The van der Waals surface area contributed by atoms with Crippen LogP contribution in [0.25, 0.3) is 10.9 Å². The highest BCUT2D eigenvalue weighted by Crippen LogP contribution is 2.13. The minimum Gasteiger partial charge on any atom is -0.318 e. The maximum atomic E-state index is 12.1. The molecule has 90 valence electrons. The van der Waals surface area contributed by atoms with E-state index < -0.39 is 0 Å². The summed E-state index contributed by atoms with van der Waals surface area (Å²) in [5, 5.41) is 3.43. The van der Waals surface area contributed by atoms with Crippen LogP contribution >= 0.6 is 15.9 Å². The van der Waals surface area contributed by atoms with Gasteiger partial charge in [-0.15, -0.1) is 0 Å². The van der Waals surface area contributed by atoms with E-state index in [0.29, 0.717) is 24.0 Å². The number of fused-ring (bicyclic) bond motifs is 1. The molecule has 1 heterocycles. The highest BCUT2D eigenvalue weighted by Gasteiger charge is 2.06. The summed E-state index contributed by atoms with van der Waals surface area (Å²) in [7, 11) is 1.78. The number of hydrogen-bond acceptors (Lipinski definition) is 3. The van der Waals surface area contributed by atoms with Crippen molar-refractivity contribution in [3.05, 3.63) is 43.5 Å². The number of hydrogen-bond donors (Lipinski definition) is 2. The van der Waals surface area contributed by atoms with E-state index in [0.717, 1.165) is 4.47 Å². The molecule has 0 fully saturated rings. The van der Waals surface area contributed by atoms with Crippen molar-refractivity contribution >= 4 is 26.8 Å². The van der Waals surface area contributed by atoms with Gasteiger partial charge in [0.05, 0.1) is 10.9 Å². The molecule has 0 aliphatic rings. The van der Waals surface area contributed by atoms with Crippen molar-refractivity contribution in [2.75, 3.05) is 13.6 Å². The monoisotopic (exact) mass is 297 g/mol. The van der Waals surface area contributed by atoms with E-state index in [1.165, 1.54) is 4.57 Å². The Morgan fingerprint density at radius 1 is 1.41 bits per heavy atom. The number of aromatic amines is 1. The van der Waals surface area contributed by atoms with Crippen LogP contribution in [0.15, 0.2) is 32.3 Å². The van der Waals surface area contributed by atoms with Crippen LogP contribution in [0.1, 0.15) is 0 Å². The third-order valence-electron chi connectivity index (χ3n) is 2.53. The second kappa shape index (κ2) is 4.85. The molecular formula is C11H12BrN3O2. The first-order valence-electron chi connectivity index (χ1n) is 5.20. The number of aromatic nitrogens is 2. The van der Waals surface area contributed by atoms with E-state index >= 15 is 0 Å². The number of rotatable bonds is 3. The summed E-state index contributed by atoms with van der Waals surface area (Å²) < 4.78 is 2.03. The van der Waals surface area contributed by atoms with Crippen molar-refractivity contribution in [2.24, 2.45) is 0 Å². The first kappa shape index (κ1) is 12.1. The quantitative estimate of drug-likeness (QED) is 0.875. The van der Waals surface area contributed by atoms with Gasteiger partial charge in [-0.3, -0.25) is 9.36 Å². The molecule has 2 rings (SSSR count). The zero-order chi connectivity index (χ0) is 12.4. The van der Waals surface area contributed by atoms with Gasteiger partial charge in [0.25, 0.3) is 5.56 Å². The number of nitrogens with one attached hydrogen (secondary N) is 2. The minimum atomic E-state index is -0.379. The lowest BCUT2D eigenvalue weighted by Gasteiger charge is -2.05. The molecule has 17 heavy (non-hydrogen) atoms. The summed E-state index contributed by atoms with van der Waals surface area (Å²) in [6.45, 7) is 0.932. The number of likely N-dealkylation sites (N-methyl/N-ethyl adjacent to an activating group) is 1. The van der Waals surface area contributed by atoms with Crippen molar-refractivity contribution in [1.82, 2.24) is 14.9 Å². The second-order valence-corrected chi connectivity index (χ2v) is 4.60. The van der Waals surface area contributed by atoms with E-state index in [1.807, 2.05) is 0 Å². The third kappa shape index (κ3) is 2.32. The number of H-pyrrole nitrogens is 1. The Kier molecular flexibility index (Phi) is 3.44. The van der Waals surface area contributed by atoms with Gasteiger partial charge in [0.2, 0.25) is 0 Å². The average molecular weight is 298 g/mol. The Hall–Kier alpha value is -1.40. The molecule has 0 aliphatic heterocycles. The van der Waals surface area contributed by atoms with Gasteiger partial charge in [0, 0.05) is 17.6 Å². The predicted molar refractivity (Wildman–Crippen MR) is 70.5 cm³/mol. The summed E-state index contributed by atoms with van der Waals surface area (Å²) in [5.41, 5.74) is -0.0857. The van der Waals surface area contributed by atoms with Gasteiger partial charge in [-0.25, -0.2) is 4.79 Å². The number of benzene rings is 1. The molecule has 6 heteroatoms. The fraction of sp³-hybridized carbons (Fsp3) is 0.273. The van der Waals surface area contributed by atoms with Crippen LogP contribution in [-0.4, -0.2) is 23.1 Å². The van der Waals surface area contributed by atoms with Crippen LogP contribution < -0.4 is 16.6 Å². The molecule has 0 unspecified atom stereocenters. The van der Waals surface area contributed by atoms with Crippen LogP contribution in [0.5, 0.6) is 0 Å². The van der Waals surface area contributed by atoms with Crippen molar-refractivity contribution in [2.45, 2.75) is 6.54 Å². The maximum Gasteiger partial charge on any atom is 0.328 e. The van der Waals surface area contributed by atoms with Gasteiger partial charge in [0.15, 0.2) is 0 Å². The molecule has 1 aromatic heterocycles. The first-order valence-corrected chi connectivity index (χ1v) is 6.00. The standard InChI is InChI=1S/C11H12BrN3O2/c1-13-4-5-15-10(16)8-3-2-7(12)6-9(8)14-11(15)17/h2-3,6,13H,4-5H2,1H3,(H,14,17). The molecule has 5 nitrogen and oxygen atoms in total. The van der Waals surface area contributed by atoms with E-state index in [-0.39, 0.29) is 11.2 Å². The maximum absolute atomic E-state index is 12.1. The summed E-state index contributed by atoms with van der Waals surface area (Å²) in [5.74, 6) is 0. The van der Waals surface area contributed by atoms with Gasteiger partial charge < -0.3 is 10.3 Å². The summed E-state index contributed by atoms with van der Waals surface area (Å²) in [6.07, 6.45) is 0. The zero-order valence-electron chi connectivity index (χ0n) is 9.29. The lowest BCUT2D eigenvalue weighted by molar-refractivity contribution is 0.602. The van der Waals surface area contributed by atoms with Crippen molar-refractivity contribution in [1.29, 1.82) is 0 Å². The predicted octanol–water partition coefficient (Wildman–Crippen LogP) is 0.672. The van der Waals surface area contributed by atoms with E-state index in [1.54, 1.807) is 25.2 Å². The van der Waals surface area contributed by atoms with Gasteiger partial charge in [-0.05, 0) is 25.2 Å². The molecule has 0 amide bonds. The van der Waals surface area contributed by atoms with Gasteiger partial charge in [-0.2, -0.15) is 0 Å². The average Bonchev–Trinajstić information content (AvgIpc) is 2.28. The zero-order valence-corrected chi connectivity index (χ0v) is 10.9.